The second kappa shape index (κ2) is 13.9. The van der Waals surface area contributed by atoms with Crippen molar-refractivity contribution >= 4 is 5.91 Å². The molecule has 9 nitrogen and oxygen atoms in total. The summed E-state index contributed by atoms with van der Waals surface area (Å²) >= 11 is 0. The predicted octanol–water partition coefficient (Wildman–Crippen LogP) is 4.20. The van der Waals surface area contributed by atoms with Gasteiger partial charge in [-0.2, -0.15) is 0 Å². The van der Waals surface area contributed by atoms with Crippen LogP contribution >= 0.6 is 0 Å². The fraction of sp³-hybridized carbons (Fsp3) is 0.625. The first-order valence-electron chi connectivity index (χ1n) is 11.4. The van der Waals surface area contributed by atoms with Gasteiger partial charge in [-0.3, -0.25) is 4.79 Å². The zero-order valence-electron chi connectivity index (χ0n) is 21.1. The van der Waals surface area contributed by atoms with Gasteiger partial charge in [-0.05, 0) is 58.4 Å². The molecule has 186 valence electrons. The van der Waals surface area contributed by atoms with Crippen LogP contribution in [0.4, 0.5) is 0 Å². The number of aryl methyl sites for hydroxylation is 1. The Balaban J connectivity index is 0.00000265. The minimum atomic E-state index is -0.484. The average molecular weight is 465 g/mol. The molecule has 2 aromatic rings. The second-order valence-electron chi connectivity index (χ2n) is 8.70. The van der Waals surface area contributed by atoms with Crippen LogP contribution in [-0.2, 0) is 14.4 Å². The monoisotopic (exact) mass is 464 g/mol. The molecule has 0 unspecified atom stereocenters. The van der Waals surface area contributed by atoms with E-state index in [1.54, 1.807) is 6.92 Å². The Bertz CT molecular complexity index is 819. The molecule has 0 radical (unpaired) electrons. The molecule has 9 heteroatoms. The quantitative estimate of drug-likeness (QED) is 0.334. The number of aromatic nitrogens is 2. The van der Waals surface area contributed by atoms with Gasteiger partial charge in [-0.1, -0.05) is 13.8 Å². The van der Waals surface area contributed by atoms with Crippen molar-refractivity contribution in [1.29, 1.82) is 0 Å². The van der Waals surface area contributed by atoms with E-state index >= 15 is 0 Å². The maximum absolute atomic E-state index is 12.0. The largest absolute Gasteiger partial charge is 0.493 e. The lowest BCUT2D eigenvalue weighted by atomic mass is 10.0. The van der Waals surface area contributed by atoms with E-state index in [0.29, 0.717) is 50.9 Å². The molecule has 1 aromatic heterocycles. The van der Waals surface area contributed by atoms with Crippen LogP contribution in [0, 0.1) is 6.92 Å². The van der Waals surface area contributed by atoms with E-state index in [9.17, 15) is 4.79 Å². The van der Waals surface area contributed by atoms with Gasteiger partial charge < -0.3 is 24.0 Å². The molecule has 0 aliphatic heterocycles. The standard InChI is InChI=1S/C22H34N4O5.C2H6/c1-16-25-26-20(31-16)17-8-10-18(11-9-17)28-14-12-22(4,5)29-15-21(2,3)24-19(27)7-6-13-30-23;1-2/h8-11H,6-7,12-15,23H2,1-5H3,(H,24,27);1-2H3. The Morgan fingerprint density at radius 3 is 2.33 bits per heavy atom. The third-order valence-electron chi connectivity index (χ3n) is 4.57. The zero-order valence-corrected chi connectivity index (χ0v) is 21.1. The molecule has 0 aliphatic rings. The molecular formula is C24H40N4O5. The van der Waals surface area contributed by atoms with Crippen molar-refractivity contribution in [2.75, 3.05) is 19.8 Å². The lowest BCUT2D eigenvalue weighted by Crippen LogP contribution is -2.48. The molecule has 0 fully saturated rings. The number of amides is 1. The molecule has 1 heterocycles. The van der Waals surface area contributed by atoms with Crippen LogP contribution in [0.1, 0.15) is 66.7 Å². The highest BCUT2D eigenvalue weighted by atomic mass is 16.6. The number of hydrogen-bond acceptors (Lipinski definition) is 8. The summed E-state index contributed by atoms with van der Waals surface area (Å²) in [4.78, 5) is 16.5. The number of carbonyl (C=O) groups is 1. The van der Waals surface area contributed by atoms with Gasteiger partial charge in [-0.25, -0.2) is 5.90 Å². The summed E-state index contributed by atoms with van der Waals surface area (Å²) < 4.78 is 17.3. The molecule has 0 atom stereocenters. The molecule has 3 N–H and O–H groups in total. The molecule has 2 rings (SSSR count). The van der Waals surface area contributed by atoms with Gasteiger partial charge in [0.2, 0.25) is 17.7 Å². The number of carbonyl (C=O) groups excluding carboxylic acids is 1. The smallest absolute Gasteiger partial charge is 0.247 e. The summed E-state index contributed by atoms with van der Waals surface area (Å²) in [6, 6.07) is 7.51. The molecule has 0 saturated carbocycles. The van der Waals surface area contributed by atoms with Gasteiger partial charge in [0, 0.05) is 25.3 Å². The molecular weight excluding hydrogens is 424 g/mol. The van der Waals surface area contributed by atoms with Gasteiger partial charge in [0.15, 0.2) is 0 Å². The van der Waals surface area contributed by atoms with Crippen molar-refractivity contribution in [1.82, 2.24) is 15.5 Å². The van der Waals surface area contributed by atoms with Gasteiger partial charge in [-0.15, -0.1) is 10.2 Å². The highest BCUT2D eigenvalue weighted by Gasteiger charge is 2.26. The van der Waals surface area contributed by atoms with Crippen LogP contribution in [0.25, 0.3) is 11.5 Å². The third kappa shape index (κ3) is 11.3. The van der Waals surface area contributed by atoms with Crippen molar-refractivity contribution in [2.45, 2.75) is 78.9 Å². The lowest BCUT2D eigenvalue weighted by molar-refractivity contribution is -0.125. The Hall–Kier alpha value is -2.49. The predicted molar refractivity (Wildman–Crippen MR) is 128 cm³/mol. The van der Waals surface area contributed by atoms with Gasteiger partial charge in [0.1, 0.15) is 5.75 Å². The van der Waals surface area contributed by atoms with Crippen LogP contribution < -0.4 is 16.0 Å². The molecule has 0 bridgehead atoms. The summed E-state index contributed by atoms with van der Waals surface area (Å²) in [7, 11) is 0. The highest BCUT2D eigenvalue weighted by Crippen LogP contribution is 2.23. The summed E-state index contributed by atoms with van der Waals surface area (Å²) in [6.07, 6.45) is 1.63. The van der Waals surface area contributed by atoms with Crippen LogP contribution in [0.5, 0.6) is 5.75 Å². The fourth-order valence-electron chi connectivity index (χ4n) is 2.76. The van der Waals surface area contributed by atoms with Crippen molar-refractivity contribution in [3.63, 3.8) is 0 Å². The lowest BCUT2D eigenvalue weighted by Gasteiger charge is -2.32. The maximum Gasteiger partial charge on any atom is 0.247 e. The first-order chi connectivity index (χ1) is 15.6. The summed E-state index contributed by atoms with van der Waals surface area (Å²) in [5.41, 5.74) is -0.0466. The minimum absolute atomic E-state index is 0.0501. The van der Waals surface area contributed by atoms with Crippen molar-refractivity contribution in [2.24, 2.45) is 5.90 Å². The topological polar surface area (TPSA) is 122 Å². The van der Waals surface area contributed by atoms with Crippen LogP contribution in [0.3, 0.4) is 0 Å². The summed E-state index contributed by atoms with van der Waals surface area (Å²) in [5.74, 6) is 6.70. The Labute approximate surface area is 197 Å². The Morgan fingerprint density at radius 2 is 1.76 bits per heavy atom. The Kier molecular flexibility index (Phi) is 12.0. The van der Waals surface area contributed by atoms with Gasteiger partial charge in [0.25, 0.3) is 0 Å². The van der Waals surface area contributed by atoms with E-state index < -0.39 is 11.1 Å². The SMILES string of the molecule is CC.Cc1nnc(-c2ccc(OCCC(C)(C)OCC(C)(C)NC(=O)CCCON)cc2)o1. The number of nitrogens with two attached hydrogens (primary N) is 1. The highest BCUT2D eigenvalue weighted by molar-refractivity contribution is 5.76. The van der Waals surface area contributed by atoms with Crippen LogP contribution in [-0.4, -0.2) is 47.1 Å². The minimum Gasteiger partial charge on any atom is -0.493 e. The number of ether oxygens (including phenoxy) is 2. The first kappa shape index (κ1) is 28.5. The molecule has 0 aliphatic carbocycles. The number of nitrogens with zero attached hydrogens (tertiary/aromatic N) is 2. The van der Waals surface area contributed by atoms with E-state index in [2.05, 4.69) is 20.4 Å². The number of nitrogens with one attached hydrogen (secondary N) is 1. The normalized spacial score (nSPS) is 11.5. The number of benzene rings is 1. The van der Waals surface area contributed by atoms with E-state index in [1.165, 1.54) is 0 Å². The van der Waals surface area contributed by atoms with E-state index in [1.807, 2.05) is 65.8 Å². The molecule has 0 spiro atoms. The maximum atomic E-state index is 12.0. The van der Waals surface area contributed by atoms with Crippen molar-refractivity contribution in [3.05, 3.63) is 30.2 Å². The molecule has 1 aromatic carbocycles. The van der Waals surface area contributed by atoms with Gasteiger partial charge >= 0.3 is 0 Å². The van der Waals surface area contributed by atoms with Crippen LogP contribution in [0.2, 0.25) is 0 Å². The zero-order chi connectivity index (χ0) is 24.9. The first-order valence-corrected chi connectivity index (χ1v) is 11.4. The van der Waals surface area contributed by atoms with E-state index in [0.717, 1.165) is 11.3 Å². The van der Waals surface area contributed by atoms with E-state index in [4.69, 9.17) is 19.8 Å². The second-order valence-corrected chi connectivity index (χ2v) is 8.70. The van der Waals surface area contributed by atoms with E-state index in [-0.39, 0.29) is 5.91 Å². The molecule has 0 saturated heterocycles. The van der Waals surface area contributed by atoms with Crippen molar-refractivity contribution in [3.8, 4) is 17.2 Å². The third-order valence-corrected chi connectivity index (χ3v) is 4.57. The fourth-order valence-corrected chi connectivity index (χ4v) is 2.76. The van der Waals surface area contributed by atoms with Crippen LogP contribution in [0.15, 0.2) is 28.7 Å². The van der Waals surface area contributed by atoms with Gasteiger partial charge in [0.05, 0.1) is 31.0 Å². The molecule has 1 amide bonds. The summed E-state index contributed by atoms with van der Waals surface area (Å²) in [5, 5.41) is 10.8. The Morgan fingerprint density at radius 1 is 1.09 bits per heavy atom. The average Bonchev–Trinajstić information content (AvgIpc) is 3.20. The molecule has 33 heavy (non-hydrogen) atoms. The number of rotatable bonds is 13. The van der Waals surface area contributed by atoms with Crippen molar-refractivity contribution < 1.29 is 23.5 Å². The number of hydrogen-bond donors (Lipinski definition) is 2. The summed E-state index contributed by atoms with van der Waals surface area (Å²) in [6.45, 7) is 14.9.